The highest BCUT2D eigenvalue weighted by atomic mass is 19.1. The number of rotatable bonds is 6. The third-order valence-electron chi connectivity index (χ3n) is 2.60. The Morgan fingerprint density at radius 1 is 1.44 bits per heavy atom. The summed E-state index contributed by atoms with van der Waals surface area (Å²) in [6.07, 6.45) is 0. The average Bonchev–Trinajstić information content (AvgIpc) is 2.30. The van der Waals surface area contributed by atoms with Gasteiger partial charge in [-0.1, -0.05) is 19.1 Å². The number of hydrogen-bond acceptors (Lipinski definition) is 3. The van der Waals surface area contributed by atoms with Crippen LogP contribution in [0.25, 0.3) is 0 Å². The standard InChI is InChI=1S/C12H19FN2O/c1-2-15(5-6-16)9-10-3-4-12(13)11(7-10)8-14/h3-4,7,16H,2,5-6,8-9,14H2,1H3. The zero-order chi connectivity index (χ0) is 12.0. The van der Waals surface area contributed by atoms with Crippen molar-refractivity contribution in [1.29, 1.82) is 0 Å². The van der Waals surface area contributed by atoms with E-state index in [1.807, 2.05) is 6.92 Å². The summed E-state index contributed by atoms with van der Waals surface area (Å²) in [5.41, 5.74) is 7.01. The van der Waals surface area contributed by atoms with Gasteiger partial charge in [0.25, 0.3) is 0 Å². The highest BCUT2D eigenvalue weighted by molar-refractivity contribution is 5.24. The van der Waals surface area contributed by atoms with Gasteiger partial charge in [-0.25, -0.2) is 4.39 Å². The number of aliphatic hydroxyl groups is 1. The van der Waals surface area contributed by atoms with Crippen molar-refractivity contribution < 1.29 is 9.50 Å². The van der Waals surface area contributed by atoms with Gasteiger partial charge in [-0.2, -0.15) is 0 Å². The molecule has 0 unspecified atom stereocenters. The number of likely N-dealkylation sites (N-methyl/N-ethyl adjacent to an activating group) is 1. The molecule has 16 heavy (non-hydrogen) atoms. The molecule has 1 rings (SSSR count). The Balaban J connectivity index is 2.72. The van der Waals surface area contributed by atoms with Crippen molar-refractivity contribution >= 4 is 0 Å². The quantitative estimate of drug-likeness (QED) is 0.763. The molecule has 0 atom stereocenters. The summed E-state index contributed by atoms with van der Waals surface area (Å²) >= 11 is 0. The van der Waals surface area contributed by atoms with E-state index in [9.17, 15) is 4.39 Å². The fourth-order valence-electron chi connectivity index (χ4n) is 1.63. The Morgan fingerprint density at radius 3 is 2.75 bits per heavy atom. The van der Waals surface area contributed by atoms with Crippen molar-refractivity contribution in [2.75, 3.05) is 19.7 Å². The number of halogens is 1. The van der Waals surface area contributed by atoms with Gasteiger partial charge in [-0.05, 0) is 18.2 Å². The summed E-state index contributed by atoms with van der Waals surface area (Å²) in [6, 6.07) is 4.99. The molecule has 0 fully saturated rings. The third-order valence-corrected chi connectivity index (χ3v) is 2.60. The van der Waals surface area contributed by atoms with E-state index in [1.54, 1.807) is 12.1 Å². The second-order valence-corrected chi connectivity index (χ2v) is 3.72. The first kappa shape index (κ1) is 13.1. The van der Waals surface area contributed by atoms with E-state index in [2.05, 4.69) is 4.90 Å². The van der Waals surface area contributed by atoms with Crippen LogP contribution in [0.3, 0.4) is 0 Å². The molecule has 3 nitrogen and oxygen atoms in total. The minimum absolute atomic E-state index is 0.138. The highest BCUT2D eigenvalue weighted by Crippen LogP contribution is 2.11. The van der Waals surface area contributed by atoms with Gasteiger partial charge >= 0.3 is 0 Å². The van der Waals surface area contributed by atoms with Crippen LogP contribution in [0.15, 0.2) is 18.2 Å². The first-order chi connectivity index (χ1) is 7.71. The van der Waals surface area contributed by atoms with E-state index in [0.29, 0.717) is 18.7 Å². The van der Waals surface area contributed by atoms with E-state index in [0.717, 1.165) is 12.1 Å². The molecular formula is C12H19FN2O. The largest absolute Gasteiger partial charge is 0.395 e. The SMILES string of the molecule is CCN(CCO)Cc1ccc(F)c(CN)c1. The van der Waals surface area contributed by atoms with Crippen LogP contribution in [0, 0.1) is 5.82 Å². The first-order valence-electron chi connectivity index (χ1n) is 5.51. The van der Waals surface area contributed by atoms with Gasteiger partial charge in [0, 0.05) is 25.2 Å². The summed E-state index contributed by atoms with van der Waals surface area (Å²) in [6.45, 7) is 4.58. The van der Waals surface area contributed by atoms with Gasteiger partial charge in [-0.15, -0.1) is 0 Å². The van der Waals surface area contributed by atoms with Crippen LogP contribution in [0.4, 0.5) is 4.39 Å². The number of nitrogens with zero attached hydrogens (tertiary/aromatic N) is 1. The van der Waals surface area contributed by atoms with Gasteiger partial charge < -0.3 is 10.8 Å². The molecule has 0 amide bonds. The predicted molar refractivity (Wildman–Crippen MR) is 62.3 cm³/mol. The molecule has 90 valence electrons. The third kappa shape index (κ3) is 3.56. The number of aliphatic hydroxyl groups excluding tert-OH is 1. The van der Waals surface area contributed by atoms with Crippen molar-refractivity contribution in [2.45, 2.75) is 20.0 Å². The van der Waals surface area contributed by atoms with E-state index < -0.39 is 0 Å². The van der Waals surface area contributed by atoms with E-state index in [4.69, 9.17) is 10.8 Å². The lowest BCUT2D eigenvalue weighted by Crippen LogP contribution is -2.26. The van der Waals surface area contributed by atoms with Crippen molar-refractivity contribution in [3.05, 3.63) is 35.1 Å². The fraction of sp³-hybridized carbons (Fsp3) is 0.500. The van der Waals surface area contributed by atoms with Crippen molar-refractivity contribution in [3.8, 4) is 0 Å². The molecule has 1 aromatic rings. The monoisotopic (exact) mass is 226 g/mol. The molecule has 0 radical (unpaired) electrons. The Labute approximate surface area is 95.7 Å². The molecule has 0 bridgehead atoms. The lowest BCUT2D eigenvalue weighted by molar-refractivity contribution is 0.196. The fourth-order valence-corrected chi connectivity index (χ4v) is 1.63. The summed E-state index contributed by atoms with van der Waals surface area (Å²) in [7, 11) is 0. The predicted octanol–water partition coefficient (Wildman–Crippen LogP) is 1.10. The van der Waals surface area contributed by atoms with Gasteiger partial charge in [-0.3, -0.25) is 4.90 Å². The molecule has 0 aromatic heterocycles. The van der Waals surface area contributed by atoms with Crippen LogP contribution >= 0.6 is 0 Å². The van der Waals surface area contributed by atoms with Crippen molar-refractivity contribution in [2.24, 2.45) is 5.73 Å². The van der Waals surface area contributed by atoms with Crippen molar-refractivity contribution in [1.82, 2.24) is 4.90 Å². The zero-order valence-corrected chi connectivity index (χ0v) is 9.62. The van der Waals surface area contributed by atoms with Crippen LogP contribution in [0.2, 0.25) is 0 Å². The first-order valence-corrected chi connectivity index (χ1v) is 5.51. The highest BCUT2D eigenvalue weighted by Gasteiger charge is 2.06. The van der Waals surface area contributed by atoms with Gasteiger partial charge in [0.05, 0.1) is 6.61 Å². The Kier molecular flexibility index (Phi) is 5.38. The Hall–Kier alpha value is -0.970. The van der Waals surface area contributed by atoms with Crippen LogP contribution in [0.5, 0.6) is 0 Å². The molecule has 3 N–H and O–H groups in total. The Bertz CT molecular complexity index is 331. The second kappa shape index (κ2) is 6.58. The number of benzene rings is 1. The molecule has 0 aliphatic heterocycles. The molecule has 0 saturated heterocycles. The van der Waals surface area contributed by atoms with E-state index >= 15 is 0 Å². The summed E-state index contributed by atoms with van der Waals surface area (Å²) in [5.74, 6) is -0.253. The number of hydrogen-bond donors (Lipinski definition) is 2. The maximum atomic E-state index is 13.2. The summed E-state index contributed by atoms with van der Waals surface area (Å²) in [5, 5.41) is 8.87. The second-order valence-electron chi connectivity index (χ2n) is 3.72. The molecule has 0 spiro atoms. The Morgan fingerprint density at radius 2 is 2.19 bits per heavy atom. The minimum Gasteiger partial charge on any atom is -0.395 e. The van der Waals surface area contributed by atoms with E-state index in [1.165, 1.54) is 6.07 Å². The average molecular weight is 226 g/mol. The van der Waals surface area contributed by atoms with E-state index in [-0.39, 0.29) is 19.0 Å². The van der Waals surface area contributed by atoms with Crippen molar-refractivity contribution in [3.63, 3.8) is 0 Å². The van der Waals surface area contributed by atoms with Gasteiger partial charge in [0.15, 0.2) is 0 Å². The molecule has 0 aliphatic carbocycles. The number of nitrogens with two attached hydrogens (primary N) is 1. The topological polar surface area (TPSA) is 49.5 Å². The molecule has 0 aliphatic rings. The zero-order valence-electron chi connectivity index (χ0n) is 9.62. The molecule has 1 aromatic carbocycles. The van der Waals surface area contributed by atoms with Crippen LogP contribution in [-0.4, -0.2) is 29.7 Å². The van der Waals surface area contributed by atoms with Crippen LogP contribution < -0.4 is 5.73 Å². The maximum absolute atomic E-state index is 13.2. The van der Waals surface area contributed by atoms with Crippen LogP contribution in [0.1, 0.15) is 18.1 Å². The summed E-state index contributed by atoms with van der Waals surface area (Å²) < 4.78 is 13.2. The lowest BCUT2D eigenvalue weighted by atomic mass is 10.1. The molecule has 0 heterocycles. The van der Waals surface area contributed by atoms with Gasteiger partial charge in [0.2, 0.25) is 0 Å². The smallest absolute Gasteiger partial charge is 0.127 e. The normalized spacial score (nSPS) is 11.1. The molecule has 0 saturated carbocycles. The lowest BCUT2D eigenvalue weighted by Gasteiger charge is -2.19. The summed E-state index contributed by atoms with van der Waals surface area (Å²) in [4.78, 5) is 2.09. The van der Waals surface area contributed by atoms with Gasteiger partial charge in [0.1, 0.15) is 5.82 Å². The minimum atomic E-state index is -0.253. The molecule has 4 heteroatoms. The molecular weight excluding hydrogens is 207 g/mol. The maximum Gasteiger partial charge on any atom is 0.127 e. The van der Waals surface area contributed by atoms with Crippen LogP contribution in [-0.2, 0) is 13.1 Å².